The summed E-state index contributed by atoms with van der Waals surface area (Å²) >= 11 is 3.48. The molecule has 88 valence electrons. The molecule has 1 heterocycles. The van der Waals surface area contributed by atoms with Crippen LogP contribution in [0.2, 0.25) is 0 Å². The minimum atomic E-state index is -0.369. The van der Waals surface area contributed by atoms with Crippen molar-refractivity contribution >= 4 is 15.9 Å². The molecule has 1 aromatic carbocycles. The number of aliphatic hydroxyl groups excluding tert-OH is 1. The number of hydrogen-bond donors (Lipinski definition) is 2. The first-order valence-electron chi connectivity index (χ1n) is 5.93. The minimum Gasteiger partial charge on any atom is -0.388 e. The van der Waals surface area contributed by atoms with Crippen molar-refractivity contribution in [2.45, 2.75) is 37.8 Å². The Morgan fingerprint density at radius 2 is 2.19 bits per heavy atom. The summed E-state index contributed by atoms with van der Waals surface area (Å²) < 4.78 is 0.998. The van der Waals surface area contributed by atoms with E-state index >= 15 is 0 Å². The number of aliphatic hydroxyl groups is 1. The van der Waals surface area contributed by atoms with E-state index in [0.29, 0.717) is 6.04 Å². The summed E-state index contributed by atoms with van der Waals surface area (Å²) in [6.45, 7) is 1.09. The fourth-order valence-corrected chi connectivity index (χ4v) is 2.82. The highest BCUT2D eigenvalue weighted by molar-refractivity contribution is 9.10. The molecule has 2 nitrogen and oxygen atoms in total. The molecule has 2 atom stereocenters. The molecule has 1 fully saturated rings. The minimum absolute atomic E-state index is 0.369. The van der Waals surface area contributed by atoms with E-state index in [9.17, 15) is 5.11 Å². The van der Waals surface area contributed by atoms with Crippen molar-refractivity contribution in [3.63, 3.8) is 0 Å². The Morgan fingerprint density at radius 1 is 1.38 bits per heavy atom. The number of hydrogen-bond acceptors (Lipinski definition) is 2. The molecule has 2 rings (SSSR count). The van der Waals surface area contributed by atoms with Gasteiger partial charge in [-0.05, 0) is 37.4 Å². The van der Waals surface area contributed by atoms with Crippen LogP contribution in [-0.4, -0.2) is 17.7 Å². The number of nitrogens with one attached hydrogen (secondary N) is 1. The van der Waals surface area contributed by atoms with Gasteiger partial charge in [0.2, 0.25) is 0 Å². The molecule has 1 aromatic rings. The van der Waals surface area contributed by atoms with Crippen molar-refractivity contribution < 1.29 is 5.11 Å². The highest BCUT2D eigenvalue weighted by atomic mass is 79.9. The van der Waals surface area contributed by atoms with Crippen LogP contribution in [0.15, 0.2) is 28.7 Å². The summed E-state index contributed by atoms with van der Waals surface area (Å²) in [6, 6.07) is 8.37. The maximum atomic E-state index is 10.2. The van der Waals surface area contributed by atoms with Gasteiger partial charge in [0.1, 0.15) is 0 Å². The lowest BCUT2D eigenvalue weighted by Gasteiger charge is -2.26. The molecule has 0 aliphatic carbocycles. The Kier molecular flexibility index (Phi) is 4.38. The fraction of sp³-hybridized carbons (Fsp3) is 0.538. The molecule has 3 heteroatoms. The molecule has 16 heavy (non-hydrogen) atoms. The predicted molar refractivity (Wildman–Crippen MR) is 69.4 cm³/mol. The van der Waals surface area contributed by atoms with Crippen LogP contribution < -0.4 is 5.32 Å². The normalized spacial score (nSPS) is 23.0. The molecule has 1 aliphatic rings. The largest absolute Gasteiger partial charge is 0.388 e. The summed E-state index contributed by atoms with van der Waals surface area (Å²) in [5, 5.41) is 13.6. The van der Waals surface area contributed by atoms with E-state index in [0.717, 1.165) is 23.0 Å². The van der Waals surface area contributed by atoms with Gasteiger partial charge in [0.15, 0.2) is 0 Å². The van der Waals surface area contributed by atoms with Gasteiger partial charge >= 0.3 is 0 Å². The van der Waals surface area contributed by atoms with E-state index in [1.165, 1.54) is 19.3 Å². The van der Waals surface area contributed by atoms with E-state index in [2.05, 4.69) is 21.2 Å². The van der Waals surface area contributed by atoms with E-state index in [1.54, 1.807) is 0 Å². The van der Waals surface area contributed by atoms with Gasteiger partial charge in [-0.3, -0.25) is 0 Å². The second-order valence-electron chi connectivity index (χ2n) is 4.42. The standard InChI is InChI=1S/C13H18BrNO/c14-12-7-2-1-6-11(12)13(16)9-10-5-3-4-8-15-10/h1-2,6-7,10,13,15-16H,3-5,8-9H2/t10-,13+/m1/s1. The van der Waals surface area contributed by atoms with Crippen molar-refractivity contribution in [2.75, 3.05) is 6.54 Å². The number of piperidine rings is 1. The van der Waals surface area contributed by atoms with Gasteiger partial charge in [-0.15, -0.1) is 0 Å². The van der Waals surface area contributed by atoms with Crippen molar-refractivity contribution in [1.82, 2.24) is 5.32 Å². The van der Waals surface area contributed by atoms with Gasteiger partial charge in [-0.25, -0.2) is 0 Å². The van der Waals surface area contributed by atoms with Crippen LogP contribution in [0, 0.1) is 0 Å². The van der Waals surface area contributed by atoms with E-state index in [-0.39, 0.29) is 6.10 Å². The quantitative estimate of drug-likeness (QED) is 0.894. The number of rotatable bonds is 3. The van der Waals surface area contributed by atoms with Crippen LogP contribution in [-0.2, 0) is 0 Å². The molecule has 0 saturated carbocycles. The third kappa shape index (κ3) is 3.06. The van der Waals surface area contributed by atoms with Gasteiger partial charge in [-0.1, -0.05) is 40.5 Å². The molecule has 0 aromatic heterocycles. The van der Waals surface area contributed by atoms with E-state index in [1.807, 2.05) is 24.3 Å². The Bertz CT molecular complexity index is 336. The summed E-state index contributed by atoms with van der Waals surface area (Å²) in [4.78, 5) is 0. The van der Waals surface area contributed by atoms with Crippen molar-refractivity contribution in [1.29, 1.82) is 0 Å². The van der Waals surface area contributed by atoms with E-state index in [4.69, 9.17) is 0 Å². The summed E-state index contributed by atoms with van der Waals surface area (Å²) in [7, 11) is 0. The zero-order valence-electron chi connectivity index (χ0n) is 9.32. The number of halogens is 1. The SMILES string of the molecule is O[C@@H](C[C@H]1CCCCN1)c1ccccc1Br. The van der Waals surface area contributed by atoms with Crippen LogP contribution in [0.1, 0.15) is 37.4 Å². The molecule has 1 saturated heterocycles. The van der Waals surface area contributed by atoms with Gasteiger partial charge in [0, 0.05) is 10.5 Å². The zero-order valence-corrected chi connectivity index (χ0v) is 10.9. The molecule has 0 spiro atoms. The molecular weight excluding hydrogens is 266 g/mol. The van der Waals surface area contributed by atoms with Gasteiger partial charge < -0.3 is 10.4 Å². The first-order chi connectivity index (χ1) is 7.77. The Balaban J connectivity index is 1.96. The average Bonchev–Trinajstić information content (AvgIpc) is 2.31. The van der Waals surface area contributed by atoms with Gasteiger partial charge in [0.25, 0.3) is 0 Å². The zero-order chi connectivity index (χ0) is 11.4. The smallest absolute Gasteiger partial charge is 0.0815 e. The van der Waals surface area contributed by atoms with Crippen molar-refractivity contribution in [3.8, 4) is 0 Å². The van der Waals surface area contributed by atoms with Gasteiger partial charge in [0.05, 0.1) is 6.10 Å². The number of benzene rings is 1. The Hall–Kier alpha value is -0.380. The molecular formula is C13H18BrNO. The molecule has 0 radical (unpaired) electrons. The van der Waals surface area contributed by atoms with Crippen LogP contribution in [0.25, 0.3) is 0 Å². The van der Waals surface area contributed by atoms with Crippen LogP contribution in [0.4, 0.5) is 0 Å². The lowest BCUT2D eigenvalue weighted by molar-refractivity contribution is 0.144. The topological polar surface area (TPSA) is 32.3 Å². The molecule has 0 unspecified atom stereocenters. The summed E-state index contributed by atoms with van der Waals surface area (Å²) in [6.07, 6.45) is 4.16. The molecule has 1 aliphatic heterocycles. The second-order valence-corrected chi connectivity index (χ2v) is 5.27. The first-order valence-corrected chi connectivity index (χ1v) is 6.72. The monoisotopic (exact) mass is 283 g/mol. The average molecular weight is 284 g/mol. The van der Waals surface area contributed by atoms with Crippen LogP contribution >= 0.6 is 15.9 Å². The maximum Gasteiger partial charge on any atom is 0.0815 e. The first kappa shape index (κ1) is 12.1. The fourth-order valence-electron chi connectivity index (χ4n) is 2.27. The van der Waals surface area contributed by atoms with Crippen LogP contribution in [0.3, 0.4) is 0 Å². The summed E-state index contributed by atoms with van der Waals surface area (Å²) in [5.41, 5.74) is 0.995. The second kappa shape index (κ2) is 5.80. The molecule has 0 amide bonds. The summed E-state index contributed by atoms with van der Waals surface area (Å²) in [5.74, 6) is 0. The Labute approximate surface area is 105 Å². The third-order valence-corrected chi connectivity index (χ3v) is 3.91. The maximum absolute atomic E-state index is 10.2. The lowest BCUT2D eigenvalue weighted by Crippen LogP contribution is -2.35. The highest BCUT2D eigenvalue weighted by Gasteiger charge is 2.19. The van der Waals surface area contributed by atoms with E-state index < -0.39 is 0 Å². The van der Waals surface area contributed by atoms with Crippen LogP contribution in [0.5, 0.6) is 0 Å². The van der Waals surface area contributed by atoms with Crippen molar-refractivity contribution in [3.05, 3.63) is 34.3 Å². The Morgan fingerprint density at radius 3 is 2.88 bits per heavy atom. The highest BCUT2D eigenvalue weighted by Crippen LogP contribution is 2.27. The van der Waals surface area contributed by atoms with Crippen molar-refractivity contribution in [2.24, 2.45) is 0 Å². The third-order valence-electron chi connectivity index (χ3n) is 3.18. The molecule has 2 N–H and O–H groups in total. The molecule has 0 bridgehead atoms. The predicted octanol–water partition coefficient (Wildman–Crippen LogP) is 3.01. The van der Waals surface area contributed by atoms with Gasteiger partial charge in [-0.2, -0.15) is 0 Å². The lowest BCUT2D eigenvalue weighted by atomic mass is 9.96.